The van der Waals surface area contributed by atoms with Gasteiger partial charge in [0, 0.05) is 18.4 Å². The molecule has 1 N–H and O–H groups in total. The molecular formula is C17H17N5O3S. The number of amides is 1. The first-order valence-electron chi connectivity index (χ1n) is 7.81. The van der Waals surface area contributed by atoms with Crippen LogP contribution in [0.25, 0.3) is 11.4 Å². The summed E-state index contributed by atoms with van der Waals surface area (Å²) in [7, 11) is -3.26. The molecule has 0 spiro atoms. The average molecular weight is 371 g/mol. The minimum absolute atomic E-state index is 0.0543. The number of rotatable bonds is 6. The molecule has 3 rings (SSSR count). The molecule has 0 aliphatic carbocycles. The molecule has 0 saturated carbocycles. The summed E-state index contributed by atoms with van der Waals surface area (Å²) in [6, 6.07) is 15.7. The Morgan fingerprint density at radius 1 is 1.08 bits per heavy atom. The Morgan fingerprint density at radius 2 is 1.77 bits per heavy atom. The van der Waals surface area contributed by atoms with Crippen LogP contribution < -0.4 is 5.32 Å². The largest absolute Gasteiger partial charge is 0.350 e. The molecule has 8 nitrogen and oxygen atoms in total. The summed E-state index contributed by atoms with van der Waals surface area (Å²) in [6.07, 6.45) is 1.14. The maximum atomic E-state index is 12.0. The van der Waals surface area contributed by atoms with Crippen LogP contribution in [0, 0.1) is 0 Å². The van der Waals surface area contributed by atoms with Crippen LogP contribution in [0.3, 0.4) is 0 Å². The number of tetrazole rings is 1. The zero-order valence-corrected chi connectivity index (χ0v) is 14.8. The SMILES string of the molecule is CS(=O)(=O)c1ccc(-c2nnn(CC(=O)NCc3ccccc3)n2)cc1. The predicted molar refractivity (Wildman–Crippen MR) is 94.7 cm³/mol. The smallest absolute Gasteiger partial charge is 0.243 e. The van der Waals surface area contributed by atoms with Crippen LogP contribution in [0.5, 0.6) is 0 Å². The molecule has 0 aliphatic rings. The number of nitrogens with zero attached hydrogens (tertiary/aromatic N) is 4. The molecule has 3 aromatic rings. The van der Waals surface area contributed by atoms with Crippen LogP contribution in [0.4, 0.5) is 0 Å². The van der Waals surface area contributed by atoms with E-state index in [0.29, 0.717) is 17.9 Å². The normalized spacial score (nSPS) is 11.3. The van der Waals surface area contributed by atoms with Gasteiger partial charge in [-0.1, -0.05) is 30.3 Å². The van der Waals surface area contributed by atoms with E-state index in [1.54, 1.807) is 12.1 Å². The van der Waals surface area contributed by atoms with Gasteiger partial charge in [0.15, 0.2) is 9.84 Å². The van der Waals surface area contributed by atoms with Crippen molar-refractivity contribution in [2.24, 2.45) is 0 Å². The zero-order chi connectivity index (χ0) is 18.6. The molecule has 0 bridgehead atoms. The molecule has 0 radical (unpaired) electrons. The Bertz CT molecular complexity index is 998. The van der Waals surface area contributed by atoms with Gasteiger partial charge in [-0.15, -0.1) is 10.2 Å². The van der Waals surface area contributed by atoms with Gasteiger partial charge in [0.1, 0.15) is 6.54 Å². The average Bonchev–Trinajstić information content (AvgIpc) is 3.09. The van der Waals surface area contributed by atoms with Crippen molar-refractivity contribution >= 4 is 15.7 Å². The highest BCUT2D eigenvalue weighted by Crippen LogP contribution is 2.17. The Balaban J connectivity index is 1.61. The fraction of sp³-hybridized carbons (Fsp3) is 0.176. The van der Waals surface area contributed by atoms with Gasteiger partial charge in [-0.2, -0.15) is 4.80 Å². The Kier molecular flexibility index (Phi) is 5.08. The van der Waals surface area contributed by atoms with E-state index < -0.39 is 9.84 Å². The van der Waals surface area contributed by atoms with Crippen molar-refractivity contribution in [2.75, 3.05) is 6.26 Å². The first kappa shape index (κ1) is 17.7. The van der Waals surface area contributed by atoms with Gasteiger partial charge in [-0.3, -0.25) is 4.79 Å². The highest BCUT2D eigenvalue weighted by Gasteiger charge is 2.11. The number of hydrogen-bond acceptors (Lipinski definition) is 6. The van der Waals surface area contributed by atoms with Crippen molar-refractivity contribution in [1.29, 1.82) is 0 Å². The van der Waals surface area contributed by atoms with Crippen molar-refractivity contribution in [3.05, 3.63) is 60.2 Å². The highest BCUT2D eigenvalue weighted by molar-refractivity contribution is 7.90. The molecule has 2 aromatic carbocycles. The maximum Gasteiger partial charge on any atom is 0.243 e. The second-order valence-electron chi connectivity index (χ2n) is 5.70. The molecule has 1 aromatic heterocycles. The summed E-state index contributed by atoms with van der Waals surface area (Å²) in [5.41, 5.74) is 1.62. The van der Waals surface area contributed by atoms with E-state index in [-0.39, 0.29) is 17.3 Å². The van der Waals surface area contributed by atoms with E-state index in [2.05, 4.69) is 20.7 Å². The number of sulfone groups is 1. The van der Waals surface area contributed by atoms with E-state index >= 15 is 0 Å². The van der Waals surface area contributed by atoms with Crippen LogP contribution in [-0.2, 0) is 27.7 Å². The summed E-state index contributed by atoms with van der Waals surface area (Å²) in [4.78, 5) is 13.4. The molecule has 0 atom stereocenters. The summed E-state index contributed by atoms with van der Waals surface area (Å²) < 4.78 is 23.0. The molecule has 26 heavy (non-hydrogen) atoms. The number of carbonyl (C=O) groups excluding carboxylic acids is 1. The second-order valence-corrected chi connectivity index (χ2v) is 7.72. The first-order valence-corrected chi connectivity index (χ1v) is 9.70. The van der Waals surface area contributed by atoms with Gasteiger partial charge < -0.3 is 5.32 Å². The molecule has 0 unspecified atom stereocenters. The van der Waals surface area contributed by atoms with Crippen molar-refractivity contribution in [3.63, 3.8) is 0 Å². The van der Waals surface area contributed by atoms with Crippen molar-refractivity contribution in [1.82, 2.24) is 25.5 Å². The zero-order valence-electron chi connectivity index (χ0n) is 14.0. The van der Waals surface area contributed by atoms with E-state index in [9.17, 15) is 13.2 Å². The lowest BCUT2D eigenvalue weighted by molar-refractivity contribution is -0.122. The monoisotopic (exact) mass is 371 g/mol. The van der Waals surface area contributed by atoms with Gasteiger partial charge in [0.25, 0.3) is 0 Å². The molecule has 0 fully saturated rings. The van der Waals surface area contributed by atoms with Crippen molar-refractivity contribution in [2.45, 2.75) is 18.0 Å². The molecule has 0 aliphatic heterocycles. The Labute approximate surface area is 150 Å². The first-order chi connectivity index (χ1) is 12.4. The van der Waals surface area contributed by atoms with Gasteiger partial charge in [-0.05, 0) is 35.0 Å². The quantitative estimate of drug-likeness (QED) is 0.694. The minimum Gasteiger partial charge on any atom is -0.350 e. The third kappa shape index (κ3) is 4.51. The number of nitrogens with one attached hydrogen (secondary N) is 1. The molecule has 1 heterocycles. The van der Waals surface area contributed by atoms with E-state index in [0.717, 1.165) is 11.8 Å². The summed E-state index contributed by atoms with van der Waals surface area (Å²) in [5, 5.41) is 14.7. The summed E-state index contributed by atoms with van der Waals surface area (Å²) in [6.45, 7) is 0.370. The lowest BCUT2D eigenvalue weighted by atomic mass is 10.2. The predicted octanol–water partition coefficient (Wildman–Crippen LogP) is 1.06. The Hall–Kier alpha value is -3.07. The topological polar surface area (TPSA) is 107 Å². The van der Waals surface area contributed by atoms with Gasteiger partial charge in [0.2, 0.25) is 11.7 Å². The fourth-order valence-electron chi connectivity index (χ4n) is 2.26. The number of benzene rings is 2. The van der Waals surface area contributed by atoms with Crippen LogP contribution in [0.2, 0.25) is 0 Å². The lowest BCUT2D eigenvalue weighted by Crippen LogP contribution is -2.28. The molecular weight excluding hydrogens is 354 g/mol. The minimum atomic E-state index is -3.26. The van der Waals surface area contributed by atoms with Crippen LogP contribution in [0.1, 0.15) is 5.56 Å². The van der Waals surface area contributed by atoms with Crippen molar-refractivity contribution < 1.29 is 13.2 Å². The van der Waals surface area contributed by atoms with Crippen molar-refractivity contribution in [3.8, 4) is 11.4 Å². The van der Waals surface area contributed by atoms with Gasteiger partial charge in [0.05, 0.1) is 4.90 Å². The van der Waals surface area contributed by atoms with Crippen LogP contribution >= 0.6 is 0 Å². The van der Waals surface area contributed by atoms with E-state index in [1.807, 2.05) is 30.3 Å². The molecule has 134 valence electrons. The number of hydrogen-bond donors (Lipinski definition) is 1. The third-order valence-electron chi connectivity index (χ3n) is 3.61. The molecule has 0 saturated heterocycles. The lowest BCUT2D eigenvalue weighted by Gasteiger charge is -2.04. The summed E-state index contributed by atoms with van der Waals surface area (Å²) in [5.74, 6) is 0.0890. The second kappa shape index (κ2) is 7.44. The van der Waals surface area contributed by atoms with Gasteiger partial charge >= 0.3 is 0 Å². The Morgan fingerprint density at radius 3 is 2.42 bits per heavy atom. The van der Waals surface area contributed by atoms with Crippen LogP contribution in [0.15, 0.2) is 59.5 Å². The molecule has 9 heteroatoms. The highest BCUT2D eigenvalue weighted by atomic mass is 32.2. The van der Waals surface area contributed by atoms with E-state index in [1.165, 1.54) is 16.9 Å². The third-order valence-corrected chi connectivity index (χ3v) is 4.74. The number of carbonyl (C=O) groups is 1. The summed E-state index contributed by atoms with van der Waals surface area (Å²) >= 11 is 0. The fourth-order valence-corrected chi connectivity index (χ4v) is 2.89. The number of aromatic nitrogens is 4. The van der Waals surface area contributed by atoms with Crippen LogP contribution in [-0.4, -0.2) is 40.8 Å². The van der Waals surface area contributed by atoms with E-state index in [4.69, 9.17) is 0 Å². The standard InChI is InChI=1S/C17H17N5O3S/c1-26(24,25)15-9-7-14(8-10-15)17-19-21-22(20-17)12-16(23)18-11-13-5-3-2-4-6-13/h2-10H,11-12H2,1H3,(H,18,23). The molecule has 1 amide bonds. The maximum absolute atomic E-state index is 12.0. The van der Waals surface area contributed by atoms with Gasteiger partial charge in [-0.25, -0.2) is 8.42 Å².